The molecule has 4 heteroatoms. The Balaban J connectivity index is 1.75. The fourth-order valence-corrected chi connectivity index (χ4v) is 2.29. The van der Waals surface area contributed by atoms with Crippen molar-refractivity contribution in [2.24, 2.45) is 0 Å². The third-order valence-corrected chi connectivity index (χ3v) is 3.41. The first-order valence-electron chi connectivity index (χ1n) is 6.31. The fourth-order valence-electron chi connectivity index (χ4n) is 2.29. The second kappa shape index (κ2) is 4.69. The zero-order chi connectivity index (χ0) is 13.2. The van der Waals surface area contributed by atoms with Gasteiger partial charge in [-0.25, -0.2) is 0 Å². The number of hydrogen-bond acceptors (Lipinski definition) is 4. The van der Waals surface area contributed by atoms with Crippen LogP contribution in [-0.2, 0) is 0 Å². The summed E-state index contributed by atoms with van der Waals surface area (Å²) in [7, 11) is 0. The Morgan fingerprint density at radius 1 is 1.42 bits per heavy atom. The van der Waals surface area contributed by atoms with Crippen molar-refractivity contribution in [2.75, 3.05) is 5.32 Å². The molecule has 2 atom stereocenters. The summed E-state index contributed by atoms with van der Waals surface area (Å²) < 4.78 is 0. The molecule has 94 valence electrons. The van der Waals surface area contributed by atoms with Gasteiger partial charge >= 0.3 is 0 Å². The summed E-state index contributed by atoms with van der Waals surface area (Å²) in [4.78, 5) is 8.29. The molecule has 0 bridgehead atoms. The Morgan fingerprint density at radius 2 is 2.32 bits per heavy atom. The number of pyridine rings is 2. The first-order chi connectivity index (χ1) is 9.28. The first kappa shape index (κ1) is 11.7. The molecule has 1 aliphatic carbocycles. The fraction of sp³-hybridized carbons (Fsp3) is 0.267. The van der Waals surface area contributed by atoms with Gasteiger partial charge < -0.3 is 5.32 Å². The van der Waals surface area contributed by atoms with Crippen molar-refractivity contribution >= 4 is 5.69 Å². The van der Waals surface area contributed by atoms with E-state index in [9.17, 15) is 0 Å². The molecule has 2 aromatic rings. The quantitative estimate of drug-likeness (QED) is 0.909. The van der Waals surface area contributed by atoms with Crippen molar-refractivity contribution in [1.29, 1.82) is 5.26 Å². The van der Waals surface area contributed by atoms with E-state index in [1.807, 2.05) is 25.3 Å². The van der Waals surface area contributed by atoms with Gasteiger partial charge in [0.1, 0.15) is 6.07 Å². The van der Waals surface area contributed by atoms with Gasteiger partial charge in [0.25, 0.3) is 0 Å². The molecule has 0 radical (unpaired) electrons. The molecule has 0 aliphatic heterocycles. The summed E-state index contributed by atoms with van der Waals surface area (Å²) in [6.07, 6.45) is 6.40. The number of nitrogens with one attached hydrogen (secondary N) is 1. The predicted octanol–water partition coefficient (Wildman–Crippen LogP) is 2.62. The lowest BCUT2D eigenvalue weighted by Crippen LogP contribution is -2.06. The van der Waals surface area contributed by atoms with Crippen LogP contribution in [0.15, 0.2) is 36.8 Å². The third-order valence-electron chi connectivity index (χ3n) is 3.41. The summed E-state index contributed by atoms with van der Waals surface area (Å²) in [5, 5.41) is 12.5. The maximum Gasteiger partial charge on any atom is 0.103 e. The predicted molar refractivity (Wildman–Crippen MR) is 72.7 cm³/mol. The molecule has 2 aromatic heterocycles. The van der Waals surface area contributed by atoms with Crippen LogP contribution in [0.25, 0.3) is 0 Å². The SMILES string of the molecule is Cc1cc(N[C@H]2C[C@@H]2c2cccnc2)c(C#N)cn1. The molecule has 2 heterocycles. The van der Waals surface area contributed by atoms with Crippen molar-refractivity contribution in [2.45, 2.75) is 25.3 Å². The van der Waals surface area contributed by atoms with Crippen LogP contribution in [0.3, 0.4) is 0 Å². The van der Waals surface area contributed by atoms with Crippen LogP contribution in [0.1, 0.15) is 29.2 Å². The van der Waals surface area contributed by atoms with E-state index in [1.54, 1.807) is 12.4 Å². The Morgan fingerprint density at radius 3 is 3.05 bits per heavy atom. The zero-order valence-electron chi connectivity index (χ0n) is 10.7. The average Bonchev–Trinajstić information content (AvgIpc) is 3.19. The summed E-state index contributed by atoms with van der Waals surface area (Å²) >= 11 is 0. The number of nitriles is 1. The van der Waals surface area contributed by atoms with E-state index in [0.29, 0.717) is 17.5 Å². The van der Waals surface area contributed by atoms with Crippen molar-refractivity contribution in [1.82, 2.24) is 9.97 Å². The topological polar surface area (TPSA) is 61.6 Å². The molecular weight excluding hydrogens is 236 g/mol. The number of hydrogen-bond donors (Lipinski definition) is 1. The molecule has 19 heavy (non-hydrogen) atoms. The van der Waals surface area contributed by atoms with Crippen LogP contribution in [0.5, 0.6) is 0 Å². The number of anilines is 1. The number of aromatic nitrogens is 2. The summed E-state index contributed by atoms with van der Waals surface area (Å²) in [6, 6.07) is 8.55. The van der Waals surface area contributed by atoms with E-state index >= 15 is 0 Å². The second-order valence-corrected chi connectivity index (χ2v) is 4.86. The first-order valence-corrected chi connectivity index (χ1v) is 6.31. The molecule has 3 rings (SSSR count). The second-order valence-electron chi connectivity index (χ2n) is 4.86. The van der Waals surface area contributed by atoms with E-state index in [2.05, 4.69) is 27.4 Å². The Bertz CT molecular complexity index is 630. The van der Waals surface area contributed by atoms with Gasteiger partial charge in [-0.1, -0.05) is 6.07 Å². The highest BCUT2D eigenvalue weighted by Crippen LogP contribution is 2.42. The van der Waals surface area contributed by atoms with Crippen LogP contribution in [0.2, 0.25) is 0 Å². The highest BCUT2D eigenvalue weighted by Gasteiger charge is 2.38. The van der Waals surface area contributed by atoms with Crippen molar-refractivity contribution in [3.63, 3.8) is 0 Å². The molecule has 0 spiro atoms. The van der Waals surface area contributed by atoms with Crippen molar-refractivity contribution < 1.29 is 0 Å². The van der Waals surface area contributed by atoms with Crippen LogP contribution in [-0.4, -0.2) is 16.0 Å². The van der Waals surface area contributed by atoms with E-state index in [-0.39, 0.29) is 0 Å². The highest BCUT2D eigenvalue weighted by atomic mass is 15.0. The molecule has 0 aromatic carbocycles. The smallest absolute Gasteiger partial charge is 0.103 e. The molecule has 1 N–H and O–H groups in total. The summed E-state index contributed by atoms with van der Waals surface area (Å²) in [6.45, 7) is 1.93. The van der Waals surface area contributed by atoms with Crippen molar-refractivity contribution in [3.05, 3.63) is 53.6 Å². The number of aryl methyl sites for hydroxylation is 1. The molecule has 1 aliphatic rings. The molecule has 1 fully saturated rings. The minimum atomic E-state index is 0.387. The molecule has 1 saturated carbocycles. The van der Waals surface area contributed by atoms with E-state index < -0.39 is 0 Å². The van der Waals surface area contributed by atoms with Gasteiger partial charge in [-0.15, -0.1) is 0 Å². The van der Waals surface area contributed by atoms with E-state index in [1.165, 1.54) is 5.56 Å². The zero-order valence-corrected chi connectivity index (χ0v) is 10.7. The normalized spacial score (nSPS) is 20.6. The Labute approximate surface area is 112 Å². The van der Waals surface area contributed by atoms with Crippen LogP contribution < -0.4 is 5.32 Å². The van der Waals surface area contributed by atoms with Gasteiger partial charge in [0.05, 0.1) is 11.3 Å². The van der Waals surface area contributed by atoms with Gasteiger partial charge in [0.15, 0.2) is 0 Å². The lowest BCUT2D eigenvalue weighted by atomic mass is 10.2. The molecule has 0 amide bonds. The van der Waals surface area contributed by atoms with Crippen LogP contribution in [0.4, 0.5) is 5.69 Å². The molecule has 4 nitrogen and oxygen atoms in total. The van der Waals surface area contributed by atoms with E-state index in [0.717, 1.165) is 17.8 Å². The number of rotatable bonds is 3. The molecule has 0 saturated heterocycles. The molecular formula is C15H14N4. The maximum atomic E-state index is 9.09. The lowest BCUT2D eigenvalue weighted by molar-refractivity contribution is 1.02. The van der Waals surface area contributed by atoms with Gasteiger partial charge in [0, 0.05) is 36.2 Å². The monoisotopic (exact) mass is 250 g/mol. The minimum absolute atomic E-state index is 0.387. The Kier molecular flexibility index (Phi) is 2.88. The summed E-state index contributed by atoms with van der Waals surface area (Å²) in [5.74, 6) is 0.494. The average molecular weight is 250 g/mol. The van der Waals surface area contributed by atoms with Crippen molar-refractivity contribution in [3.8, 4) is 6.07 Å². The third kappa shape index (κ3) is 2.41. The van der Waals surface area contributed by atoms with Crippen LogP contribution >= 0.6 is 0 Å². The minimum Gasteiger partial charge on any atom is -0.381 e. The standard InChI is InChI=1S/C15H14N4/c1-10-5-14(12(7-16)9-18-10)19-15-6-13(15)11-3-2-4-17-8-11/h2-5,8-9,13,15H,6H2,1H3,(H,18,19)/t13-,15+/m1/s1. The molecule has 0 unspecified atom stereocenters. The van der Waals surface area contributed by atoms with Crippen LogP contribution in [0, 0.1) is 18.3 Å². The summed E-state index contributed by atoms with van der Waals surface area (Å²) in [5.41, 5.74) is 3.65. The Hall–Kier alpha value is -2.41. The lowest BCUT2D eigenvalue weighted by Gasteiger charge is -2.08. The number of nitrogens with zero attached hydrogens (tertiary/aromatic N) is 3. The van der Waals surface area contributed by atoms with Gasteiger partial charge in [-0.3, -0.25) is 9.97 Å². The maximum absolute atomic E-state index is 9.09. The van der Waals surface area contributed by atoms with E-state index in [4.69, 9.17) is 5.26 Å². The van der Waals surface area contributed by atoms with Gasteiger partial charge in [-0.2, -0.15) is 5.26 Å². The van der Waals surface area contributed by atoms with Gasteiger partial charge in [0.2, 0.25) is 0 Å². The largest absolute Gasteiger partial charge is 0.381 e. The van der Waals surface area contributed by atoms with Gasteiger partial charge in [-0.05, 0) is 31.0 Å². The highest BCUT2D eigenvalue weighted by molar-refractivity contribution is 5.58.